The van der Waals surface area contributed by atoms with Crippen LogP contribution in [-0.4, -0.2) is 22.7 Å². The predicted octanol–water partition coefficient (Wildman–Crippen LogP) is 2.48. The Morgan fingerprint density at radius 1 is 1.65 bits per heavy atom. The van der Waals surface area contributed by atoms with Gasteiger partial charge in [-0.25, -0.2) is 8.78 Å². The Kier molecular flexibility index (Phi) is 4.62. The smallest absolute Gasteiger partial charge is 0.311 e. The summed E-state index contributed by atoms with van der Waals surface area (Å²) >= 11 is 5.64. The number of aromatic nitrogens is 1. The summed E-state index contributed by atoms with van der Waals surface area (Å²) in [7, 11) is 0. The monoisotopic (exact) mass is 265 g/mol. The number of carbonyl (C=O) groups excluding carboxylic acids is 1. The van der Waals surface area contributed by atoms with Gasteiger partial charge in [0, 0.05) is 0 Å². The van der Waals surface area contributed by atoms with E-state index in [0.717, 1.165) is 6.20 Å². The summed E-state index contributed by atoms with van der Waals surface area (Å²) in [5, 5.41) is 8.77. The molecule has 0 spiro atoms. The number of pyridine rings is 1. The molecule has 1 aromatic heterocycles. The molecule has 7 heteroatoms. The van der Waals surface area contributed by atoms with E-state index in [2.05, 4.69) is 9.72 Å². The fraction of sp³-hybridized carbons (Fsp3) is 0.400. The van der Waals surface area contributed by atoms with E-state index in [1.54, 1.807) is 6.92 Å². The Balaban J connectivity index is 3.02. The van der Waals surface area contributed by atoms with Gasteiger partial charge in [0.2, 0.25) is 0 Å². The lowest BCUT2D eigenvalue weighted by molar-refractivity contribution is -0.142. The van der Waals surface area contributed by atoms with Crippen molar-refractivity contribution in [3.8, 4) is 5.75 Å². The standard InChI is InChI=1S/C10H10ClF2NO3/c1-2-17-7(16)3-5-9(11)8(10(12)13)6(15)4-14-5/h4,10,15H,2-3H2,1H3. The van der Waals surface area contributed by atoms with E-state index < -0.39 is 28.7 Å². The van der Waals surface area contributed by atoms with Crippen molar-refractivity contribution in [3.05, 3.63) is 22.5 Å². The molecule has 0 aliphatic rings. The summed E-state index contributed by atoms with van der Waals surface area (Å²) in [5.74, 6) is -1.31. The van der Waals surface area contributed by atoms with Crippen LogP contribution in [0.2, 0.25) is 5.02 Å². The van der Waals surface area contributed by atoms with Gasteiger partial charge in [-0.2, -0.15) is 0 Å². The molecular formula is C10H10ClF2NO3. The van der Waals surface area contributed by atoms with Gasteiger partial charge in [0.25, 0.3) is 6.43 Å². The van der Waals surface area contributed by atoms with Crippen molar-refractivity contribution >= 4 is 17.6 Å². The molecule has 1 aromatic rings. The zero-order chi connectivity index (χ0) is 13.0. The number of aromatic hydroxyl groups is 1. The van der Waals surface area contributed by atoms with Gasteiger partial charge >= 0.3 is 5.97 Å². The van der Waals surface area contributed by atoms with Crippen LogP contribution in [0, 0.1) is 0 Å². The molecule has 0 bridgehead atoms. The highest BCUT2D eigenvalue weighted by Gasteiger charge is 2.22. The number of halogens is 3. The SMILES string of the molecule is CCOC(=O)Cc1ncc(O)c(C(F)F)c1Cl. The first-order valence-electron chi connectivity index (χ1n) is 4.77. The number of hydrogen-bond acceptors (Lipinski definition) is 4. The van der Waals surface area contributed by atoms with Crippen LogP contribution in [0.5, 0.6) is 5.75 Å². The predicted molar refractivity (Wildman–Crippen MR) is 56.2 cm³/mol. The molecule has 17 heavy (non-hydrogen) atoms. The van der Waals surface area contributed by atoms with Crippen molar-refractivity contribution in [2.24, 2.45) is 0 Å². The summed E-state index contributed by atoms with van der Waals surface area (Å²) in [6.45, 7) is 1.80. The minimum Gasteiger partial charge on any atom is -0.506 e. The molecule has 0 saturated carbocycles. The lowest BCUT2D eigenvalue weighted by atomic mass is 10.2. The van der Waals surface area contributed by atoms with Crippen molar-refractivity contribution in [1.82, 2.24) is 4.98 Å². The van der Waals surface area contributed by atoms with Crippen LogP contribution >= 0.6 is 11.6 Å². The molecule has 0 aliphatic heterocycles. The van der Waals surface area contributed by atoms with Gasteiger partial charge in [-0.05, 0) is 6.92 Å². The zero-order valence-corrected chi connectivity index (χ0v) is 9.67. The van der Waals surface area contributed by atoms with Crippen LogP contribution < -0.4 is 0 Å². The first-order chi connectivity index (χ1) is 7.97. The number of alkyl halides is 2. The lowest BCUT2D eigenvalue weighted by Gasteiger charge is -2.09. The molecule has 0 amide bonds. The highest BCUT2D eigenvalue weighted by molar-refractivity contribution is 6.32. The first-order valence-corrected chi connectivity index (χ1v) is 5.15. The van der Waals surface area contributed by atoms with Gasteiger partial charge in [0.1, 0.15) is 5.75 Å². The van der Waals surface area contributed by atoms with Crippen molar-refractivity contribution in [1.29, 1.82) is 0 Å². The maximum absolute atomic E-state index is 12.6. The van der Waals surface area contributed by atoms with Crippen LogP contribution in [0.3, 0.4) is 0 Å². The van der Waals surface area contributed by atoms with Crippen LogP contribution in [0.25, 0.3) is 0 Å². The highest BCUT2D eigenvalue weighted by Crippen LogP contribution is 2.35. The average Bonchev–Trinajstić information content (AvgIpc) is 2.22. The Morgan fingerprint density at radius 2 is 2.29 bits per heavy atom. The summed E-state index contributed by atoms with van der Waals surface area (Å²) in [6.07, 6.45) is -2.42. The van der Waals surface area contributed by atoms with Gasteiger partial charge in [-0.1, -0.05) is 11.6 Å². The van der Waals surface area contributed by atoms with Crippen molar-refractivity contribution in [2.75, 3.05) is 6.61 Å². The topological polar surface area (TPSA) is 59.4 Å². The van der Waals surface area contributed by atoms with Gasteiger partial charge < -0.3 is 9.84 Å². The number of ether oxygens (including phenoxy) is 1. The molecule has 0 aliphatic carbocycles. The Morgan fingerprint density at radius 3 is 2.82 bits per heavy atom. The number of nitrogens with zero attached hydrogens (tertiary/aromatic N) is 1. The molecule has 94 valence electrons. The fourth-order valence-electron chi connectivity index (χ4n) is 1.21. The van der Waals surface area contributed by atoms with E-state index in [0.29, 0.717) is 0 Å². The van der Waals surface area contributed by atoms with E-state index >= 15 is 0 Å². The van der Waals surface area contributed by atoms with Crippen LogP contribution in [0.1, 0.15) is 24.6 Å². The third-order valence-corrected chi connectivity index (χ3v) is 2.37. The summed E-state index contributed by atoms with van der Waals surface area (Å²) in [6, 6.07) is 0. The Labute approximate surface area is 101 Å². The second-order valence-corrected chi connectivity index (χ2v) is 3.48. The first kappa shape index (κ1) is 13.6. The molecule has 4 nitrogen and oxygen atoms in total. The molecule has 0 unspecified atom stereocenters. The third kappa shape index (κ3) is 3.26. The maximum Gasteiger partial charge on any atom is 0.311 e. The second-order valence-electron chi connectivity index (χ2n) is 3.10. The van der Waals surface area contributed by atoms with Gasteiger partial charge in [0.05, 0.1) is 35.5 Å². The average molecular weight is 266 g/mol. The third-order valence-electron chi connectivity index (χ3n) is 1.94. The molecule has 1 heterocycles. The fourth-order valence-corrected chi connectivity index (χ4v) is 1.51. The molecular weight excluding hydrogens is 256 g/mol. The lowest BCUT2D eigenvalue weighted by Crippen LogP contribution is -2.10. The second kappa shape index (κ2) is 5.77. The summed E-state index contributed by atoms with van der Waals surface area (Å²) < 4.78 is 29.8. The molecule has 0 saturated heterocycles. The number of esters is 1. The normalized spacial score (nSPS) is 10.6. The zero-order valence-electron chi connectivity index (χ0n) is 8.91. The van der Waals surface area contributed by atoms with E-state index in [-0.39, 0.29) is 18.7 Å². The van der Waals surface area contributed by atoms with Gasteiger partial charge in [-0.3, -0.25) is 9.78 Å². The van der Waals surface area contributed by atoms with Gasteiger partial charge in [0.15, 0.2) is 0 Å². The Bertz CT molecular complexity index is 426. The van der Waals surface area contributed by atoms with Crippen molar-refractivity contribution < 1.29 is 23.4 Å². The molecule has 1 N–H and O–H groups in total. The molecule has 0 atom stereocenters. The van der Waals surface area contributed by atoms with E-state index in [1.165, 1.54) is 0 Å². The molecule has 0 fully saturated rings. The minimum absolute atomic E-state index is 0.0433. The molecule has 1 rings (SSSR count). The van der Waals surface area contributed by atoms with Crippen LogP contribution in [-0.2, 0) is 16.0 Å². The Hall–Kier alpha value is -1.43. The summed E-state index contributed by atoms with van der Waals surface area (Å²) in [4.78, 5) is 14.8. The number of carbonyl (C=O) groups is 1. The van der Waals surface area contributed by atoms with Gasteiger partial charge in [-0.15, -0.1) is 0 Å². The highest BCUT2D eigenvalue weighted by atomic mass is 35.5. The quantitative estimate of drug-likeness (QED) is 0.850. The van der Waals surface area contributed by atoms with E-state index in [1.807, 2.05) is 0 Å². The number of rotatable bonds is 4. The van der Waals surface area contributed by atoms with Crippen molar-refractivity contribution in [3.63, 3.8) is 0 Å². The molecule has 0 aromatic carbocycles. The largest absolute Gasteiger partial charge is 0.506 e. The summed E-state index contributed by atoms with van der Waals surface area (Å²) in [5.41, 5.74) is -0.765. The minimum atomic E-state index is -2.94. The molecule has 0 radical (unpaired) electrons. The van der Waals surface area contributed by atoms with Crippen LogP contribution in [0.4, 0.5) is 8.78 Å². The van der Waals surface area contributed by atoms with E-state index in [4.69, 9.17) is 11.6 Å². The van der Waals surface area contributed by atoms with Crippen LogP contribution in [0.15, 0.2) is 6.20 Å². The maximum atomic E-state index is 12.6. The van der Waals surface area contributed by atoms with E-state index in [9.17, 15) is 18.7 Å². The van der Waals surface area contributed by atoms with Crippen molar-refractivity contribution in [2.45, 2.75) is 19.8 Å². The number of hydrogen-bond donors (Lipinski definition) is 1.